The van der Waals surface area contributed by atoms with Crippen molar-refractivity contribution in [3.63, 3.8) is 0 Å². The number of aromatic nitrogens is 1. The van der Waals surface area contributed by atoms with Crippen molar-refractivity contribution in [1.82, 2.24) is 4.98 Å². The maximum absolute atomic E-state index is 13.1. The summed E-state index contributed by atoms with van der Waals surface area (Å²) in [6.45, 7) is 2.66. The Bertz CT molecular complexity index is 1250. The summed E-state index contributed by atoms with van der Waals surface area (Å²) in [5, 5.41) is 3.47. The SMILES string of the molecule is CC1CCc2nc(NC(=O)c3ccc(S(=O)(=O)N4CCc5ccccc54)cc3)sc2C1. The predicted molar refractivity (Wildman–Crippen MR) is 122 cm³/mol. The number of hydrogen-bond donors (Lipinski definition) is 1. The third-order valence-electron chi connectivity index (χ3n) is 5.96. The van der Waals surface area contributed by atoms with Gasteiger partial charge in [0.2, 0.25) is 0 Å². The molecule has 160 valence electrons. The van der Waals surface area contributed by atoms with Crippen LogP contribution in [0.5, 0.6) is 0 Å². The van der Waals surface area contributed by atoms with Gasteiger partial charge in [0.1, 0.15) is 0 Å². The second-order valence-electron chi connectivity index (χ2n) is 8.17. The van der Waals surface area contributed by atoms with E-state index in [1.165, 1.54) is 32.7 Å². The molecule has 0 saturated heterocycles. The lowest BCUT2D eigenvalue weighted by atomic mass is 9.93. The van der Waals surface area contributed by atoms with Crippen molar-refractivity contribution >= 4 is 38.1 Å². The molecule has 1 atom stereocenters. The summed E-state index contributed by atoms with van der Waals surface area (Å²) in [4.78, 5) is 18.7. The number of sulfonamides is 1. The Labute approximate surface area is 186 Å². The molecular weight excluding hydrogens is 430 g/mol. The van der Waals surface area contributed by atoms with Crippen molar-refractivity contribution in [2.45, 2.75) is 37.5 Å². The number of thiazole rings is 1. The van der Waals surface area contributed by atoms with E-state index in [0.717, 1.165) is 36.2 Å². The molecule has 8 heteroatoms. The molecule has 0 spiro atoms. The largest absolute Gasteiger partial charge is 0.298 e. The van der Waals surface area contributed by atoms with E-state index in [1.807, 2.05) is 24.3 Å². The molecule has 3 aromatic rings. The smallest absolute Gasteiger partial charge is 0.264 e. The molecule has 2 heterocycles. The van der Waals surface area contributed by atoms with Gasteiger partial charge in [0.15, 0.2) is 5.13 Å². The van der Waals surface area contributed by atoms with Crippen LogP contribution in [0, 0.1) is 5.92 Å². The Hall–Kier alpha value is -2.71. The van der Waals surface area contributed by atoms with Gasteiger partial charge in [-0.2, -0.15) is 0 Å². The fraction of sp³-hybridized carbons (Fsp3) is 0.304. The molecule has 2 aromatic carbocycles. The molecule has 0 fully saturated rings. The third-order valence-corrected chi connectivity index (χ3v) is 8.82. The summed E-state index contributed by atoms with van der Waals surface area (Å²) in [7, 11) is -3.67. The maximum Gasteiger partial charge on any atom is 0.264 e. The van der Waals surface area contributed by atoms with E-state index in [2.05, 4.69) is 17.2 Å². The van der Waals surface area contributed by atoms with Crippen LogP contribution in [-0.2, 0) is 29.3 Å². The van der Waals surface area contributed by atoms with Crippen LogP contribution in [0.4, 0.5) is 10.8 Å². The first-order valence-electron chi connectivity index (χ1n) is 10.4. The first-order valence-corrected chi connectivity index (χ1v) is 12.7. The van der Waals surface area contributed by atoms with Gasteiger partial charge in [-0.25, -0.2) is 13.4 Å². The number of amides is 1. The molecule has 1 amide bonds. The standard InChI is InChI=1S/C23H23N3O3S2/c1-15-6-11-19-21(14-15)30-23(24-19)25-22(27)17-7-9-18(10-8-17)31(28,29)26-13-12-16-4-2-3-5-20(16)26/h2-5,7-10,15H,6,11-14H2,1H3,(H,24,25,27). The number of nitrogens with one attached hydrogen (secondary N) is 1. The Kier molecular flexibility index (Phi) is 5.06. The van der Waals surface area contributed by atoms with Gasteiger partial charge in [-0.1, -0.05) is 25.1 Å². The predicted octanol–water partition coefficient (Wildman–Crippen LogP) is 4.27. The van der Waals surface area contributed by atoms with Gasteiger partial charge in [0.05, 0.1) is 16.3 Å². The van der Waals surface area contributed by atoms with Gasteiger partial charge < -0.3 is 0 Å². The number of para-hydroxylation sites is 1. The summed E-state index contributed by atoms with van der Waals surface area (Å²) in [6, 6.07) is 13.7. The summed E-state index contributed by atoms with van der Waals surface area (Å²) in [5.41, 5.74) is 3.25. The second kappa shape index (κ2) is 7.76. The van der Waals surface area contributed by atoms with Crippen molar-refractivity contribution in [3.05, 3.63) is 70.2 Å². The fourth-order valence-corrected chi connectivity index (χ4v) is 6.90. The van der Waals surface area contributed by atoms with Gasteiger partial charge in [0, 0.05) is 17.0 Å². The van der Waals surface area contributed by atoms with Crippen molar-refractivity contribution < 1.29 is 13.2 Å². The molecular formula is C23H23N3O3S2. The molecule has 0 bridgehead atoms. The van der Waals surface area contributed by atoms with E-state index in [4.69, 9.17) is 0 Å². The van der Waals surface area contributed by atoms with Gasteiger partial charge >= 0.3 is 0 Å². The molecule has 1 aliphatic carbocycles. The van der Waals surface area contributed by atoms with Crippen LogP contribution < -0.4 is 9.62 Å². The Morgan fingerprint density at radius 3 is 2.71 bits per heavy atom. The topological polar surface area (TPSA) is 79.4 Å². The first kappa shape index (κ1) is 20.2. The fourth-order valence-electron chi connectivity index (χ4n) is 4.23. The second-order valence-corrected chi connectivity index (χ2v) is 11.1. The van der Waals surface area contributed by atoms with Crippen molar-refractivity contribution in [2.24, 2.45) is 5.92 Å². The van der Waals surface area contributed by atoms with Crippen LogP contribution in [0.1, 0.15) is 39.8 Å². The highest BCUT2D eigenvalue weighted by atomic mass is 32.2. The van der Waals surface area contributed by atoms with E-state index < -0.39 is 10.0 Å². The molecule has 1 aliphatic heterocycles. The molecule has 5 rings (SSSR count). The van der Waals surface area contributed by atoms with Crippen LogP contribution in [0.2, 0.25) is 0 Å². The minimum Gasteiger partial charge on any atom is -0.298 e. The third kappa shape index (κ3) is 3.74. The summed E-state index contributed by atoms with van der Waals surface area (Å²) in [5.74, 6) is 0.364. The minimum atomic E-state index is -3.67. The molecule has 0 saturated carbocycles. The number of aryl methyl sites for hydroxylation is 1. The maximum atomic E-state index is 13.1. The van der Waals surface area contributed by atoms with Gasteiger partial charge in [-0.05, 0) is 67.5 Å². The van der Waals surface area contributed by atoms with Gasteiger partial charge in [-0.15, -0.1) is 11.3 Å². The van der Waals surface area contributed by atoms with Crippen molar-refractivity contribution in [3.8, 4) is 0 Å². The normalized spacial score (nSPS) is 17.8. The molecule has 2 aliphatic rings. The summed E-state index contributed by atoms with van der Waals surface area (Å²) < 4.78 is 27.7. The molecule has 1 aromatic heterocycles. The zero-order chi connectivity index (χ0) is 21.6. The molecule has 0 radical (unpaired) electrons. The number of hydrogen-bond acceptors (Lipinski definition) is 5. The first-order chi connectivity index (χ1) is 14.9. The van der Waals surface area contributed by atoms with E-state index in [1.54, 1.807) is 12.1 Å². The van der Waals surface area contributed by atoms with Crippen LogP contribution in [0.3, 0.4) is 0 Å². The van der Waals surface area contributed by atoms with Crippen molar-refractivity contribution in [1.29, 1.82) is 0 Å². The molecule has 1 N–H and O–H groups in total. The van der Waals surface area contributed by atoms with E-state index >= 15 is 0 Å². The van der Waals surface area contributed by atoms with Crippen molar-refractivity contribution in [2.75, 3.05) is 16.2 Å². The number of nitrogens with zero attached hydrogens (tertiary/aromatic N) is 2. The lowest BCUT2D eigenvalue weighted by molar-refractivity contribution is 0.102. The van der Waals surface area contributed by atoms with Gasteiger partial charge in [-0.3, -0.25) is 14.4 Å². The average molecular weight is 454 g/mol. The quantitative estimate of drug-likeness (QED) is 0.640. The highest BCUT2D eigenvalue weighted by Crippen LogP contribution is 2.34. The van der Waals surface area contributed by atoms with E-state index in [-0.39, 0.29) is 10.8 Å². The zero-order valence-corrected chi connectivity index (χ0v) is 18.8. The Balaban J connectivity index is 1.33. The highest BCUT2D eigenvalue weighted by molar-refractivity contribution is 7.92. The average Bonchev–Trinajstić information content (AvgIpc) is 3.37. The monoisotopic (exact) mass is 453 g/mol. The number of carbonyl (C=O) groups is 1. The number of benzene rings is 2. The van der Waals surface area contributed by atoms with Gasteiger partial charge in [0.25, 0.3) is 15.9 Å². The number of fused-ring (bicyclic) bond motifs is 2. The number of carbonyl (C=O) groups excluding carboxylic acids is 1. The molecule has 31 heavy (non-hydrogen) atoms. The van der Waals surface area contributed by atoms with Crippen LogP contribution in [-0.4, -0.2) is 25.9 Å². The summed E-state index contributed by atoms with van der Waals surface area (Å²) in [6.07, 6.45) is 3.79. The lowest BCUT2D eigenvalue weighted by Gasteiger charge is -2.19. The number of rotatable bonds is 4. The highest BCUT2D eigenvalue weighted by Gasteiger charge is 2.30. The van der Waals surface area contributed by atoms with Crippen LogP contribution in [0.25, 0.3) is 0 Å². The van der Waals surface area contributed by atoms with E-state index in [0.29, 0.717) is 29.6 Å². The molecule has 1 unspecified atom stereocenters. The summed E-state index contributed by atoms with van der Waals surface area (Å²) >= 11 is 1.53. The zero-order valence-electron chi connectivity index (χ0n) is 17.2. The van der Waals surface area contributed by atoms with E-state index in [9.17, 15) is 13.2 Å². The minimum absolute atomic E-state index is 0.180. The molecule has 6 nitrogen and oxygen atoms in total. The van der Waals surface area contributed by atoms with Crippen LogP contribution in [0.15, 0.2) is 53.4 Å². The Morgan fingerprint density at radius 1 is 1.13 bits per heavy atom. The Morgan fingerprint density at radius 2 is 1.90 bits per heavy atom. The number of anilines is 2. The lowest BCUT2D eigenvalue weighted by Crippen LogP contribution is -2.29. The van der Waals surface area contributed by atoms with Crippen LogP contribution >= 0.6 is 11.3 Å².